The maximum absolute atomic E-state index is 12.6. The van der Waals surface area contributed by atoms with Crippen molar-refractivity contribution in [2.45, 2.75) is 39.8 Å². The van der Waals surface area contributed by atoms with E-state index < -0.39 is 6.61 Å². The van der Waals surface area contributed by atoms with Gasteiger partial charge in [0.2, 0.25) is 0 Å². The smallest absolute Gasteiger partial charge is 0.387 e. The highest BCUT2D eigenvalue weighted by molar-refractivity contribution is 5.37. The quantitative estimate of drug-likeness (QED) is 0.877. The number of nitrogens with zero attached hydrogens (tertiary/aromatic N) is 4. The summed E-state index contributed by atoms with van der Waals surface area (Å²) in [4.78, 5) is 2.26. The highest BCUT2D eigenvalue weighted by Crippen LogP contribution is 2.34. The third-order valence-electron chi connectivity index (χ3n) is 4.44. The van der Waals surface area contributed by atoms with Gasteiger partial charge in [-0.05, 0) is 31.4 Å². The minimum absolute atomic E-state index is 0.0530. The monoisotopic (exact) mass is 337 g/mol. The first-order valence-electron chi connectivity index (χ1n) is 7.93. The van der Waals surface area contributed by atoms with Gasteiger partial charge in [-0.15, -0.1) is 10.2 Å². The molecule has 1 saturated heterocycles. The Balaban J connectivity index is 1.68. The summed E-state index contributed by atoms with van der Waals surface area (Å²) in [5.74, 6) is 0.957. The first-order chi connectivity index (χ1) is 11.4. The summed E-state index contributed by atoms with van der Waals surface area (Å²) in [6, 6.07) is 5.31. The van der Waals surface area contributed by atoms with E-state index in [0.717, 1.165) is 37.1 Å². The lowest BCUT2D eigenvalue weighted by Gasteiger charge is -2.24. The third kappa shape index (κ3) is 4.05. The molecule has 0 spiro atoms. The first-order valence-corrected chi connectivity index (χ1v) is 7.93. The number of nitrogens with one attached hydrogen (secondary N) is 1. The maximum atomic E-state index is 12.6. The van der Waals surface area contributed by atoms with Crippen molar-refractivity contribution in [1.82, 2.24) is 25.5 Å². The minimum Gasteiger partial charge on any atom is -0.434 e. The van der Waals surface area contributed by atoms with Crippen LogP contribution in [0.25, 0.3) is 0 Å². The number of ether oxygens (including phenoxy) is 1. The van der Waals surface area contributed by atoms with Crippen molar-refractivity contribution in [3.63, 3.8) is 0 Å². The Hall–Kier alpha value is -2.09. The molecule has 1 aromatic carbocycles. The van der Waals surface area contributed by atoms with Crippen LogP contribution in [0.15, 0.2) is 18.2 Å². The molecule has 2 heterocycles. The second kappa shape index (κ2) is 6.80. The molecule has 1 atom stereocenters. The van der Waals surface area contributed by atoms with E-state index in [4.69, 9.17) is 0 Å². The van der Waals surface area contributed by atoms with Gasteiger partial charge in [-0.25, -0.2) is 0 Å². The van der Waals surface area contributed by atoms with Crippen LogP contribution < -0.4 is 4.74 Å². The summed E-state index contributed by atoms with van der Waals surface area (Å²) in [5.41, 5.74) is 1.87. The van der Waals surface area contributed by atoms with Crippen molar-refractivity contribution >= 4 is 0 Å². The molecule has 1 aromatic heterocycles. The predicted molar refractivity (Wildman–Crippen MR) is 83.7 cm³/mol. The van der Waals surface area contributed by atoms with Crippen LogP contribution in [-0.2, 0) is 13.0 Å². The molecule has 0 bridgehead atoms. The molecule has 6 nitrogen and oxygen atoms in total. The zero-order valence-corrected chi connectivity index (χ0v) is 13.8. The van der Waals surface area contributed by atoms with Crippen molar-refractivity contribution in [1.29, 1.82) is 0 Å². The molecule has 24 heavy (non-hydrogen) atoms. The molecule has 1 aliphatic rings. The number of hydrogen-bond acceptors (Lipinski definition) is 5. The molecular weight excluding hydrogens is 316 g/mol. The minimum atomic E-state index is -2.81. The molecule has 3 rings (SSSR count). The number of halogens is 2. The van der Waals surface area contributed by atoms with Gasteiger partial charge in [0.15, 0.2) is 5.82 Å². The molecule has 2 aromatic rings. The van der Waals surface area contributed by atoms with Crippen molar-refractivity contribution in [2.24, 2.45) is 5.41 Å². The predicted octanol–water partition coefficient (Wildman–Crippen LogP) is 2.56. The van der Waals surface area contributed by atoms with Gasteiger partial charge in [0.25, 0.3) is 0 Å². The largest absolute Gasteiger partial charge is 0.434 e. The third-order valence-corrected chi connectivity index (χ3v) is 4.44. The van der Waals surface area contributed by atoms with Crippen LogP contribution in [0.3, 0.4) is 0 Å². The number of aromatic nitrogens is 4. The summed E-state index contributed by atoms with van der Waals surface area (Å²) in [6.45, 7) is 3.66. The summed E-state index contributed by atoms with van der Waals surface area (Å²) in [6.07, 6.45) is 1.74. The Kier molecular flexibility index (Phi) is 4.75. The van der Waals surface area contributed by atoms with E-state index in [1.54, 1.807) is 12.1 Å². The second-order valence-electron chi connectivity index (χ2n) is 6.77. The molecule has 1 aliphatic heterocycles. The van der Waals surface area contributed by atoms with E-state index in [9.17, 15) is 8.78 Å². The number of H-pyrrole nitrogens is 1. The van der Waals surface area contributed by atoms with Crippen LogP contribution in [0.1, 0.15) is 30.3 Å². The lowest BCUT2D eigenvalue weighted by Crippen LogP contribution is -2.27. The number of tetrazole rings is 1. The Morgan fingerprint density at radius 2 is 2.25 bits per heavy atom. The Bertz CT molecular complexity index is 679. The fourth-order valence-corrected chi connectivity index (χ4v) is 3.33. The van der Waals surface area contributed by atoms with Gasteiger partial charge >= 0.3 is 6.61 Å². The number of benzene rings is 1. The van der Waals surface area contributed by atoms with Crippen LogP contribution in [0, 0.1) is 12.3 Å². The van der Waals surface area contributed by atoms with E-state index in [1.807, 2.05) is 13.0 Å². The number of rotatable bonds is 6. The standard InChI is InChI=1S/C16H21F2N5O/c1-11-3-4-13(24-15(17)18)12(7-11)9-23-6-5-16(2,10-23)8-14-19-21-22-20-14/h3-4,7,15H,5-6,8-10H2,1-2H3,(H,19,20,21,22). The van der Waals surface area contributed by atoms with Gasteiger partial charge in [-0.3, -0.25) is 4.90 Å². The number of alkyl halides is 2. The van der Waals surface area contributed by atoms with Gasteiger partial charge in [-0.1, -0.05) is 29.8 Å². The lowest BCUT2D eigenvalue weighted by molar-refractivity contribution is -0.0507. The first kappa shape index (κ1) is 16.8. The molecule has 0 amide bonds. The van der Waals surface area contributed by atoms with Crippen molar-refractivity contribution in [2.75, 3.05) is 13.1 Å². The zero-order valence-electron chi connectivity index (χ0n) is 13.8. The highest BCUT2D eigenvalue weighted by atomic mass is 19.3. The van der Waals surface area contributed by atoms with Gasteiger partial charge in [-0.2, -0.15) is 14.0 Å². The number of aryl methyl sites for hydroxylation is 1. The van der Waals surface area contributed by atoms with Gasteiger partial charge in [0, 0.05) is 25.1 Å². The normalized spacial score (nSPS) is 21.5. The zero-order chi connectivity index (χ0) is 17.2. The molecule has 1 fully saturated rings. The van der Waals surface area contributed by atoms with E-state index in [-0.39, 0.29) is 11.2 Å². The van der Waals surface area contributed by atoms with E-state index in [2.05, 4.69) is 37.2 Å². The number of likely N-dealkylation sites (tertiary alicyclic amines) is 1. The molecular formula is C16H21F2N5O. The summed E-state index contributed by atoms with van der Waals surface area (Å²) >= 11 is 0. The summed E-state index contributed by atoms with van der Waals surface area (Å²) < 4.78 is 29.8. The SMILES string of the molecule is Cc1ccc(OC(F)F)c(CN2CCC(C)(Cc3nn[nH]n3)C2)c1. The average molecular weight is 337 g/mol. The number of hydrogen-bond donors (Lipinski definition) is 1. The fourth-order valence-electron chi connectivity index (χ4n) is 3.33. The van der Waals surface area contributed by atoms with Crippen molar-refractivity contribution in [3.05, 3.63) is 35.2 Å². The number of aromatic amines is 1. The Labute approximate surface area is 139 Å². The Morgan fingerprint density at radius 3 is 2.96 bits per heavy atom. The molecule has 130 valence electrons. The molecule has 0 radical (unpaired) electrons. The second-order valence-corrected chi connectivity index (χ2v) is 6.77. The van der Waals surface area contributed by atoms with Crippen LogP contribution in [0.2, 0.25) is 0 Å². The van der Waals surface area contributed by atoms with Gasteiger partial charge in [0.05, 0.1) is 0 Å². The fraction of sp³-hybridized carbons (Fsp3) is 0.562. The van der Waals surface area contributed by atoms with Crippen molar-refractivity contribution in [3.8, 4) is 5.75 Å². The maximum Gasteiger partial charge on any atom is 0.387 e. The van der Waals surface area contributed by atoms with Crippen LogP contribution >= 0.6 is 0 Å². The van der Waals surface area contributed by atoms with Crippen LogP contribution in [0.4, 0.5) is 8.78 Å². The lowest BCUT2D eigenvalue weighted by atomic mass is 9.86. The van der Waals surface area contributed by atoms with Gasteiger partial charge in [0.1, 0.15) is 5.75 Å². The highest BCUT2D eigenvalue weighted by Gasteiger charge is 2.35. The average Bonchev–Trinajstić information content (AvgIpc) is 3.12. The molecule has 0 aliphatic carbocycles. The Morgan fingerprint density at radius 1 is 1.42 bits per heavy atom. The van der Waals surface area contributed by atoms with E-state index in [0.29, 0.717) is 12.4 Å². The molecule has 1 N–H and O–H groups in total. The van der Waals surface area contributed by atoms with Crippen molar-refractivity contribution < 1.29 is 13.5 Å². The van der Waals surface area contributed by atoms with E-state index in [1.165, 1.54) is 0 Å². The summed E-state index contributed by atoms with van der Waals surface area (Å²) in [7, 11) is 0. The molecule has 0 saturated carbocycles. The topological polar surface area (TPSA) is 66.9 Å². The van der Waals surface area contributed by atoms with Crippen LogP contribution in [-0.4, -0.2) is 45.2 Å². The van der Waals surface area contributed by atoms with Gasteiger partial charge < -0.3 is 4.74 Å². The molecule has 8 heteroatoms. The van der Waals surface area contributed by atoms with Crippen LogP contribution in [0.5, 0.6) is 5.75 Å². The molecule has 1 unspecified atom stereocenters. The van der Waals surface area contributed by atoms with E-state index >= 15 is 0 Å². The summed E-state index contributed by atoms with van der Waals surface area (Å²) in [5, 5.41) is 14.1.